The summed E-state index contributed by atoms with van der Waals surface area (Å²) in [5.74, 6) is -0.818. The predicted octanol–water partition coefficient (Wildman–Crippen LogP) is 5.15. The van der Waals surface area contributed by atoms with Gasteiger partial charge in [-0.05, 0) is 50.4 Å². The number of nitrogens with zero attached hydrogens (tertiary/aromatic N) is 3. The zero-order valence-corrected chi connectivity index (χ0v) is 18.6. The molecule has 1 N–H and O–H groups in total. The summed E-state index contributed by atoms with van der Waals surface area (Å²) in [5.41, 5.74) is 2.15. The fraction of sp³-hybridized carbons (Fsp3) is 0.238. The number of pyridine rings is 1. The molecular formula is C21H20N4O3S2. The summed E-state index contributed by atoms with van der Waals surface area (Å²) < 4.78 is 6.60. The van der Waals surface area contributed by atoms with Gasteiger partial charge in [0.25, 0.3) is 5.91 Å². The highest BCUT2D eigenvalue weighted by molar-refractivity contribution is 7.15. The van der Waals surface area contributed by atoms with Gasteiger partial charge in [0.1, 0.15) is 5.00 Å². The van der Waals surface area contributed by atoms with Gasteiger partial charge in [-0.3, -0.25) is 4.79 Å². The van der Waals surface area contributed by atoms with Gasteiger partial charge < -0.3 is 10.1 Å². The summed E-state index contributed by atoms with van der Waals surface area (Å²) >= 11 is 2.89. The first-order chi connectivity index (χ1) is 14.4. The molecule has 0 aromatic carbocycles. The smallest absolute Gasteiger partial charge is 0.340 e. The van der Waals surface area contributed by atoms with Crippen LogP contribution in [0.4, 0.5) is 5.00 Å². The average molecular weight is 441 g/mol. The number of aromatic nitrogens is 3. The van der Waals surface area contributed by atoms with Crippen molar-refractivity contribution in [2.24, 2.45) is 0 Å². The minimum atomic E-state index is -0.492. The summed E-state index contributed by atoms with van der Waals surface area (Å²) in [6.45, 7) is 6.07. The van der Waals surface area contributed by atoms with E-state index < -0.39 is 5.97 Å². The van der Waals surface area contributed by atoms with Gasteiger partial charge in [-0.25, -0.2) is 14.5 Å². The Balaban J connectivity index is 1.82. The number of carbonyl (C=O) groups excluding carboxylic acids is 2. The fourth-order valence-electron chi connectivity index (χ4n) is 3.13. The molecule has 0 unspecified atom stereocenters. The van der Waals surface area contributed by atoms with Crippen LogP contribution in [-0.4, -0.2) is 33.8 Å². The van der Waals surface area contributed by atoms with E-state index in [9.17, 15) is 9.59 Å². The number of nitrogens with one attached hydrogen (secondary N) is 1. The van der Waals surface area contributed by atoms with E-state index in [0.29, 0.717) is 32.9 Å². The molecule has 0 aliphatic carbocycles. The van der Waals surface area contributed by atoms with E-state index in [2.05, 4.69) is 10.4 Å². The Morgan fingerprint density at radius 1 is 1.20 bits per heavy atom. The Labute approximate surface area is 181 Å². The number of methoxy groups -OCH3 is 1. The second-order valence-electron chi connectivity index (χ2n) is 6.99. The lowest BCUT2D eigenvalue weighted by molar-refractivity contribution is 0.0602. The van der Waals surface area contributed by atoms with E-state index in [0.717, 1.165) is 9.75 Å². The molecular weight excluding hydrogens is 420 g/mol. The highest BCUT2D eigenvalue weighted by Crippen LogP contribution is 2.32. The van der Waals surface area contributed by atoms with Crippen molar-refractivity contribution in [2.75, 3.05) is 12.4 Å². The summed E-state index contributed by atoms with van der Waals surface area (Å²) in [6, 6.07) is 7.53. The summed E-state index contributed by atoms with van der Waals surface area (Å²) in [7, 11) is 1.31. The molecule has 0 saturated heterocycles. The molecule has 0 radical (unpaired) electrons. The van der Waals surface area contributed by atoms with Crippen LogP contribution >= 0.6 is 22.7 Å². The molecule has 4 heterocycles. The first-order valence-corrected chi connectivity index (χ1v) is 11.0. The van der Waals surface area contributed by atoms with Crippen molar-refractivity contribution in [1.82, 2.24) is 14.8 Å². The molecule has 1 amide bonds. The molecule has 7 nitrogen and oxygen atoms in total. The van der Waals surface area contributed by atoms with Crippen LogP contribution in [0.1, 0.15) is 45.5 Å². The highest BCUT2D eigenvalue weighted by Gasteiger charge is 2.21. The molecule has 0 fully saturated rings. The number of fused-ring (bicyclic) bond motifs is 1. The molecule has 4 aromatic rings. The van der Waals surface area contributed by atoms with E-state index in [-0.39, 0.29) is 11.9 Å². The van der Waals surface area contributed by atoms with Crippen molar-refractivity contribution in [3.05, 3.63) is 51.8 Å². The lowest BCUT2D eigenvalue weighted by Gasteiger charge is -2.10. The molecule has 154 valence electrons. The third-order valence-electron chi connectivity index (χ3n) is 4.59. The predicted molar refractivity (Wildman–Crippen MR) is 120 cm³/mol. The third kappa shape index (κ3) is 3.61. The zero-order chi connectivity index (χ0) is 21.4. The molecule has 4 rings (SSSR count). The lowest BCUT2D eigenvalue weighted by atomic mass is 10.1. The number of rotatable bonds is 5. The number of thiophene rings is 2. The van der Waals surface area contributed by atoms with E-state index in [1.807, 2.05) is 32.9 Å². The Hall–Kier alpha value is -3.04. The van der Waals surface area contributed by atoms with Gasteiger partial charge in [0.05, 0.1) is 40.4 Å². The number of anilines is 1. The molecule has 0 bridgehead atoms. The number of carbonyl (C=O) groups is 2. The Morgan fingerprint density at radius 3 is 2.67 bits per heavy atom. The van der Waals surface area contributed by atoms with Crippen LogP contribution in [0, 0.1) is 6.92 Å². The van der Waals surface area contributed by atoms with E-state index in [1.165, 1.54) is 18.4 Å². The molecule has 0 atom stereocenters. The molecule has 0 saturated carbocycles. The van der Waals surface area contributed by atoms with Crippen LogP contribution in [0.5, 0.6) is 0 Å². The average Bonchev–Trinajstić information content (AvgIpc) is 3.45. The van der Waals surface area contributed by atoms with E-state index in [1.54, 1.807) is 39.7 Å². The van der Waals surface area contributed by atoms with Crippen LogP contribution in [0.3, 0.4) is 0 Å². The van der Waals surface area contributed by atoms with Crippen LogP contribution in [0.25, 0.3) is 21.6 Å². The first-order valence-electron chi connectivity index (χ1n) is 9.31. The summed E-state index contributed by atoms with van der Waals surface area (Å²) in [4.78, 5) is 32.1. The van der Waals surface area contributed by atoms with Gasteiger partial charge in [0, 0.05) is 10.9 Å². The Bertz CT molecular complexity index is 1250. The van der Waals surface area contributed by atoms with Gasteiger partial charge in [0.15, 0.2) is 5.65 Å². The minimum Gasteiger partial charge on any atom is -0.465 e. The normalized spacial score (nSPS) is 11.2. The molecule has 9 heteroatoms. The van der Waals surface area contributed by atoms with Crippen LogP contribution in [0.2, 0.25) is 0 Å². The quantitative estimate of drug-likeness (QED) is 0.434. The maximum atomic E-state index is 13.2. The molecule has 30 heavy (non-hydrogen) atoms. The van der Waals surface area contributed by atoms with Gasteiger partial charge in [-0.2, -0.15) is 5.10 Å². The Kier molecular flexibility index (Phi) is 5.40. The minimum absolute atomic E-state index is 0.0921. The van der Waals surface area contributed by atoms with Crippen molar-refractivity contribution in [3.63, 3.8) is 0 Å². The molecule has 0 spiro atoms. The van der Waals surface area contributed by atoms with Crippen LogP contribution in [-0.2, 0) is 4.74 Å². The van der Waals surface area contributed by atoms with Crippen LogP contribution in [0.15, 0.2) is 35.8 Å². The van der Waals surface area contributed by atoms with Crippen molar-refractivity contribution in [3.8, 4) is 10.6 Å². The summed E-state index contributed by atoms with van der Waals surface area (Å²) in [6.07, 6.45) is 1.66. The number of amides is 1. The highest BCUT2D eigenvalue weighted by atomic mass is 32.1. The topological polar surface area (TPSA) is 86.1 Å². The maximum Gasteiger partial charge on any atom is 0.340 e. The van der Waals surface area contributed by atoms with Crippen molar-refractivity contribution in [1.29, 1.82) is 0 Å². The molecule has 0 aliphatic heterocycles. The second kappa shape index (κ2) is 8.00. The van der Waals surface area contributed by atoms with Gasteiger partial charge in [-0.15, -0.1) is 22.7 Å². The maximum absolute atomic E-state index is 13.2. The third-order valence-corrected chi connectivity index (χ3v) is 6.44. The SMILES string of the molecule is COC(=O)c1ccsc1NC(=O)c1cc(-c2ccc(C)s2)nc2c1cnn2C(C)C. The summed E-state index contributed by atoms with van der Waals surface area (Å²) in [5, 5.41) is 10.1. The number of hydrogen-bond donors (Lipinski definition) is 1. The van der Waals surface area contributed by atoms with E-state index >= 15 is 0 Å². The van der Waals surface area contributed by atoms with Gasteiger partial charge in [0.2, 0.25) is 0 Å². The largest absolute Gasteiger partial charge is 0.465 e. The number of ether oxygens (including phenoxy) is 1. The van der Waals surface area contributed by atoms with Crippen molar-refractivity contribution in [2.45, 2.75) is 26.8 Å². The fourth-order valence-corrected chi connectivity index (χ4v) is 4.73. The van der Waals surface area contributed by atoms with Crippen molar-refractivity contribution >= 4 is 50.6 Å². The number of aryl methyl sites for hydroxylation is 1. The lowest BCUT2D eigenvalue weighted by Crippen LogP contribution is -2.15. The molecule has 4 aromatic heterocycles. The van der Waals surface area contributed by atoms with Gasteiger partial charge in [-0.1, -0.05) is 0 Å². The monoisotopic (exact) mass is 440 g/mol. The second-order valence-corrected chi connectivity index (χ2v) is 9.20. The van der Waals surface area contributed by atoms with Crippen molar-refractivity contribution < 1.29 is 14.3 Å². The zero-order valence-electron chi connectivity index (χ0n) is 16.9. The molecule has 0 aliphatic rings. The van der Waals surface area contributed by atoms with Gasteiger partial charge >= 0.3 is 5.97 Å². The standard InChI is InChI=1S/C21H20N4O3S2/c1-11(2)25-18-15(10-22-25)14(9-16(23-18)17-6-5-12(3)30-17)19(26)24-20-13(7-8-29-20)21(27)28-4/h5-11H,1-4H3,(H,24,26). The number of hydrogen-bond acceptors (Lipinski definition) is 7. The van der Waals surface area contributed by atoms with Crippen LogP contribution < -0.4 is 5.32 Å². The first kappa shape index (κ1) is 20.2. The number of esters is 1. The van der Waals surface area contributed by atoms with E-state index in [4.69, 9.17) is 9.72 Å². The Morgan fingerprint density at radius 2 is 2.00 bits per heavy atom.